The first-order valence-corrected chi connectivity index (χ1v) is 11.3. The molecule has 0 bridgehead atoms. The molecule has 1 heterocycles. The molecule has 0 saturated heterocycles. The Balaban J connectivity index is 1.61. The van der Waals surface area contributed by atoms with E-state index in [2.05, 4.69) is 31.4 Å². The number of aromatic nitrogens is 2. The third-order valence-corrected chi connectivity index (χ3v) is 6.92. The zero-order valence-electron chi connectivity index (χ0n) is 14.3. The van der Waals surface area contributed by atoms with Crippen molar-refractivity contribution < 1.29 is 13.2 Å². The fourth-order valence-corrected chi connectivity index (χ4v) is 4.64. The number of benzene rings is 2. The Morgan fingerprint density at radius 2 is 1.74 bits per heavy atom. The Labute approximate surface area is 169 Å². The minimum absolute atomic E-state index is 0.0641. The zero-order valence-corrected chi connectivity index (χ0v) is 17.6. The predicted molar refractivity (Wildman–Crippen MR) is 109 cm³/mol. The molecule has 0 fully saturated rings. The summed E-state index contributed by atoms with van der Waals surface area (Å²) in [6, 6.07) is 13.7. The van der Waals surface area contributed by atoms with Gasteiger partial charge in [0.2, 0.25) is 5.13 Å². The number of nitrogens with one attached hydrogen (secondary N) is 1. The molecule has 3 rings (SSSR count). The average Bonchev–Trinajstić information content (AvgIpc) is 3.08. The molecule has 1 amide bonds. The maximum absolute atomic E-state index is 12.4. The molecule has 140 valence electrons. The number of rotatable bonds is 6. The zero-order chi connectivity index (χ0) is 19.4. The van der Waals surface area contributed by atoms with Crippen LogP contribution in [0.1, 0.15) is 20.9 Å². The highest BCUT2D eigenvalue weighted by Crippen LogP contribution is 2.20. The molecule has 2 aromatic carbocycles. The molecule has 0 atom stereocenters. The molecule has 9 heteroatoms. The number of aryl methyl sites for hydroxylation is 2. The second-order valence-corrected chi connectivity index (χ2v) is 9.93. The average molecular weight is 466 g/mol. The van der Waals surface area contributed by atoms with Crippen LogP contribution < -0.4 is 5.32 Å². The van der Waals surface area contributed by atoms with Crippen molar-refractivity contribution >= 4 is 48.1 Å². The van der Waals surface area contributed by atoms with Crippen molar-refractivity contribution in [1.29, 1.82) is 0 Å². The van der Waals surface area contributed by atoms with Crippen molar-refractivity contribution in [2.24, 2.45) is 0 Å². The molecule has 0 saturated carbocycles. The van der Waals surface area contributed by atoms with Crippen LogP contribution in [0.4, 0.5) is 5.13 Å². The molecule has 0 aliphatic carbocycles. The van der Waals surface area contributed by atoms with E-state index in [1.807, 2.05) is 6.92 Å². The van der Waals surface area contributed by atoms with Crippen LogP contribution in [0.2, 0.25) is 0 Å². The predicted octanol–water partition coefficient (Wildman–Crippen LogP) is 3.88. The first-order valence-electron chi connectivity index (χ1n) is 8.02. The summed E-state index contributed by atoms with van der Waals surface area (Å²) in [7, 11) is -3.39. The number of amides is 1. The second-order valence-electron chi connectivity index (χ2n) is 5.84. The van der Waals surface area contributed by atoms with Crippen molar-refractivity contribution in [2.75, 3.05) is 11.1 Å². The summed E-state index contributed by atoms with van der Waals surface area (Å²) in [5.74, 6) is -0.358. The number of carbonyl (C=O) groups excluding carboxylic acids is 1. The molecule has 0 unspecified atom stereocenters. The Hall–Kier alpha value is -2.10. The highest BCUT2D eigenvalue weighted by Gasteiger charge is 2.16. The van der Waals surface area contributed by atoms with Crippen LogP contribution in [-0.2, 0) is 16.3 Å². The smallest absolute Gasteiger partial charge is 0.257 e. The Morgan fingerprint density at radius 3 is 2.41 bits per heavy atom. The topological polar surface area (TPSA) is 89.0 Å². The van der Waals surface area contributed by atoms with Gasteiger partial charge in [0.05, 0.1) is 10.6 Å². The lowest BCUT2D eigenvalue weighted by Gasteiger charge is -2.03. The minimum atomic E-state index is -3.39. The van der Waals surface area contributed by atoms with Crippen molar-refractivity contribution in [3.05, 3.63) is 69.1 Å². The molecule has 6 nitrogen and oxygen atoms in total. The van der Waals surface area contributed by atoms with Crippen molar-refractivity contribution in [3.63, 3.8) is 0 Å². The van der Waals surface area contributed by atoms with E-state index in [1.165, 1.54) is 11.3 Å². The lowest BCUT2D eigenvalue weighted by atomic mass is 10.2. The molecule has 1 aromatic heterocycles. The van der Waals surface area contributed by atoms with E-state index < -0.39 is 9.84 Å². The van der Waals surface area contributed by atoms with Gasteiger partial charge >= 0.3 is 0 Å². The number of sulfone groups is 1. The van der Waals surface area contributed by atoms with Crippen molar-refractivity contribution in [3.8, 4) is 0 Å². The van der Waals surface area contributed by atoms with Crippen molar-refractivity contribution in [1.82, 2.24) is 10.2 Å². The molecular weight excluding hydrogens is 450 g/mol. The van der Waals surface area contributed by atoms with Gasteiger partial charge in [0.25, 0.3) is 5.91 Å². The number of halogens is 1. The largest absolute Gasteiger partial charge is 0.296 e. The third-order valence-electron chi connectivity index (χ3n) is 3.76. The van der Waals surface area contributed by atoms with Gasteiger partial charge < -0.3 is 0 Å². The van der Waals surface area contributed by atoms with E-state index in [9.17, 15) is 13.2 Å². The first-order chi connectivity index (χ1) is 12.8. The highest BCUT2D eigenvalue weighted by atomic mass is 79.9. The lowest BCUT2D eigenvalue weighted by molar-refractivity contribution is 0.102. The van der Waals surface area contributed by atoms with Crippen molar-refractivity contribution in [2.45, 2.75) is 18.2 Å². The standard InChI is InChI=1S/C18H16BrN3O3S2/c1-12-2-8-15(9-3-12)27(24,25)11-10-16-21-22-18(26-16)20-17(23)13-4-6-14(19)7-5-13/h2-9H,10-11H2,1H3,(H,20,22,23). The molecule has 0 aliphatic rings. The lowest BCUT2D eigenvalue weighted by Crippen LogP contribution is -2.11. The molecule has 3 aromatic rings. The molecule has 27 heavy (non-hydrogen) atoms. The maximum atomic E-state index is 12.4. The van der Waals surface area contributed by atoms with E-state index >= 15 is 0 Å². The van der Waals surface area contributed by atoms with E-state index in [4.69, 9.17) is 0 Å². The van der Waals surface area contributed by atoms with Crippen LogP contribution in [0.3, 0.4) is 0 Å². The number of nitrogens with zero attached hydrogens (tertiary/aromatic N) is 2. The first kappa shape index (κ1) is 19.7. The van der Waals surface area contributed by atoms with Gasteiger partial charge in [-0.25, -0.2) is 8.42 Å². The van der Waals surface area contributed by atoms with Gasteiger partial charge in [-0.15, -0.1) is 10.2 Å². The maximum Gasteiger partial charge on any atom is 0.257 e. The SMILES string of the molecule is Cc1ccc(S(=O)(=O)CCc2nnc(NC(=O)c3ccc(Br)cc3)s2)cc1. The minimum Gasteiger partial charge on any atom is -0.296 e. The summed E-state index contributed by atoms with van der Waals surface area (Å²) < 4.78 is 25.7. The second kappa shape index (κ2) is 8.28. The molecular formula is C18H16BrN3O3S2. The summed E-state index contributed by atoms with van der Waals surface area (Å²) >= 11 is 4.49. The highest BCUT2D eigenvalue weighted by molar-refractivity contribution is 9.10. The van der Waals surface area contributed by atoms with Crippen LogP contribution in [-0.4, -0.2) is 30.3 Å². The van der Waals surface area contributed by atoms with Crippen LogP contribution in [0.25, 0.3) is 0 Å². The number of anilines is 1. The van der Waals surface area contributed by atoms with E-state index in [1.54, 1.807) is 48.5 Å². The van der Waals surface area contributed by atoms with E-state index in [0.717, 1.165) is 10.0 Å². The number of hydrogen-bond acceptors (Lipinski definition) is 6. The molecule has 0 spiro atoms. The monoisotopic (exact) mass is 465 g/mol. The van der Waals surface area contributed by atoms with Gasteiger partial charge in [-0.05, 0) is 43.3 Å². The summed E-state index contributed by atoms with van der Waals surface area (Å²) in [6.07, 6.45) is 0.238. The molecule has 0 radical (unpaired) electrons. The summed E-state index contributed by atoms with van der Waals surface area (Å²) in [5.41, 5.74) is 1.50. The van der Waals surface area contributed by atoms with Gasteiger partial charge in [0.15, 0.2) is 9.84 Å². The summed E-state index contributed by atoms with van der Waals surface area (Å²) in [6.45, 7) is 1.90. The van der Waals surface area contributed by atoms with Gasteiger partial charge in [0, 0.05) is 16.5 Å². The van der Waals surface area contributed by atoms with Crippen LogP contribution in [0.15, 0.2) is 57.9 Å². The molecule has 0 aliphatic heterocycles. The Kier molecular flexibility index (Phi) is 6.03. The van der Waals surface area contributed by atoms with Gasteiger partial charge in [-0.3, -0.25) is 10.1 Å². The fourth-order valence-electron chi connectivity index (χ4n) is 2.26. The Bertz CT molecular complexity index is 1050. The fraction of sp³-hybridized carbons (Fsp3) is 0.167. The van der Waals surface area contributed by atoms with Gasteiger partial charge in [0.1, 0.15) is 5.01 Å². The van der Waals surface area contributed by atoms with E-state index in [0.29, 0.717) is 20.6 Å². The number of hydrogen-bond donors (Lipinski definition) is 1. The third kappa shape index (κ3) is 5.21. The quantitative estimate of drug-likeness (QED) is 0.596. The normalized spacial score (nSPS) is 11.3. The summed E-state index contributed by atoms with van der Waals surface area (Å²) in [4.78, 5) is 12.5. The van der Waals surface area contributed by atoms with Crippen LogP contribution >= 0.6 is 27.3 Å². The van der Waals surface area contributed by atoms with E-state index in [-0.39, 0.29) is 18.1 Å². The van der Waals surface area contributed by atoms with Gasteiger partial charge in [-0.2, -0.15) is 0 Å². The van der Waals surface area contributed by atoms with Gasteiger partial charge in [-0.1, -0.05) is 45.0 Å². The molecule has 1 N–H and O–H groups in total. The Morgan fingerprint density at radius 1 is 1.07 bits per heavy atom. The number of carbonyl (C=O) groups is 1. The van der Waals surface area contributed by atoms with Crippen LogP contribution in [0, 0.1) is 6.92 Å². The summed E-state index contributed by atoms with van der Waals surface area (Å²) in [5, 5.41) is 11.5. The van der Waals surface area contributed by atoms with Crippen LogP contribution in [0.5, 0.6) is 0 Å².